The summed E-state index contributed by atoms with van der Waals surface area (Å²) < 4.78 is 1.91. The van der Waals surface area contributed by atoms with Gasteiger partial charge in [0.2, 0.25) is 11.8 Å². The number of rotatable bonds is 8. The van der Waals surface area contributed by atoms with Gasteiger partial charge in [-0.25, -0.2) is 4.68 Å². The molecule has 0 saturated heterocycles. The molecule has 0 aliphatic heterocycles. The molecule has 6 heteroatoms. The van der Waals surface area contributed by atoms with Gasteiger partial charge in [-0.05, 0) is 50.7 Å². The van der Waals surface area contributed by atoms with Crippen LogP contribution in [-0.4, -0.2) is 21.6 Å². The Labute approximate surface area is 160 Å². The highest BCUT2D eigenvalue weighted by atomic mass is 16.2. The van der Waals surface area contributed by atoms with Crippen molar-refractivity contribution in [3.05, 3.63) is 41.6 Å². The lowest BCUT2D eigenvalue weighted by Gasteiger charge is -2.15. The average molecular weight is 368 g/mol. The molecule has 2 N–H and O–H groups in total. The first-order chi connectivity index (χ1) is 13.0. The third-order valence-electron chi connectivity index (χ3n) is 5.07. The highest BCUT2D eigenvalue weighted by Gasteiger charge is 2.31. The molecule has 3 rings (SSSR count). The van der Waals surface area contributed by atoms with E-state index in [2.05, 4.69) is 22.7 Å². The van der Waals surface area contributed by atoms with Gasteiger partial charge in [-0.2, -0.15) is 5.10 Å². The molecular formula is C21H28N4O2. The lowest BCUT2D eigenvalue weighted by molar-refractivity contribution is -0.121. The van der Waals surface area contributed by atoms with Gasteiger partial charge in [-0.15, -0.1) is 0 Å². The summed E-state index contributed by atoms with van der Waals surface area (Å²) in [5.41, 5.74) is 2.79. The van der Waals surface area contributed by atoms with Crippen LogP contribution in [-0.2, 0) is 16.0 Å². The lowest BCUT2D eigenvalue weighted by Crippen LogP contribution is -2.20. The third kappa shape index (κ3) is 4.96. The SMILES string of the molecule is CCc1ccccc1NC(=O)CCC(=O)Nc1cc(C)nn1C(C)C1CC1. The normalized spacial score (nSPS) is 14.6. The number of nitrogens with zero attached hydrogens (tertiary/aromatic N) is 2. The topological polar surface area (TPSA) is 76.0 Å². The molecule has 1 heterocycles. The molecule has 1 aliphatic rings. The first-order valence-corrected chi connectivity index (χ1v) is 9.71. The molecule has 6 nitrogen and oxygen atoms in total. The first kappa shape index (κ1) is 19.1. The maximum Gasteiger partial charge on any atom is 0.226 e. The molecule has 1 atom stereocenters. The number of aromatic nitrogens is 2. The molecule has 1 fully saturated rings. The van der Waals surface area contributed by atoms with Gasteiger partial charge in [-0.1, -0.05) is 25.1 Å². The van der Waals surface area contributed by atoms with Crippen molar-refractivity contribution in [1.82, 2.24) is 9.78 Å². The molecule has 144 valence electrons. The maximum absolute atomic E-state index is 12.3. The van der Waals surface area contributed by atoms with Crippen LogP contribution in [0.3, 0.4) is 0 Å². The lowest BCUT2D eigenvalue weighted by atomic mass is 10.1. The van der Waals surface area contributed by atoms with E-state index < -0.39 is 0 Å². The number of amides is 2. The van der Waals surface area contributed by atoms with E-state index in [1.54, 1.807) is 0 Å². The number of hydrogen-bond donors (Lipinski definition) is 2. The molecular weight excluding hydrogens is 340 g/mol. The molecule has 1 saturated carbocycles. The molecule has 1 unspecified atom stereocenters. The fourth-order valence-electron chi connectivity index (χ4n) is 3.29. The van der Waals surface area contributed by atoms with Gasteiger partial charge < -0.3 is 10.6 Å². The van der Waals surface area contributed by atoms with E-state index in [1.807, 2.05) is 48.9 Å². The van der Waals surface area contributed by atoms with Gasteiger partial charge in [0.05, 0.1) is 11.7 Å². The van der Waals surface area contributed by atoms with Crippen molar-refractivity contribution in [2.45, 2.75) is 58.9 Å². The highest BCUT2D eigenvalue weighted by Crippen LogP contribution is 2.40. The van der Waals surface area contributed by atoms with Gasteiger partial charge in [-0.3, -0.25) is 9.59 Å². The minimum atomic E-state index is -0.168. The Hall–Kier alpha value is -2.63. The van der Waals surface area contributed by atoms with Crippen LogP contribution in [0, 0.1) is 12.8 Å². The van der Waals surface area contributed by atoms with Crippen molar-refractivity contribution in [1.29, 1.82) is 0 Å². The summed E-state index contributed by atoms with van der Waals surface area (Å²) in [6.45, 7) is 6.11. The van der Waals surface area contributed by atoms with Gasteiger partial charge in [0.1, 0.15) is 5.82 Å². The minimum absolute atomic E-state index is 0.141. The van der Waals surface area contributed by atoms with Crippen LogP contribution in [0.15, 0.2) is 30.3 Å². The standard InChI is InChI=1S/C21H28N4O2/c1-4-16-7-5-6-8-18(16)22-20(26)11-12-21(27)23-19-13-14(2)24-25(19)15(3)17-9-10-17/h5-8,13,15,17H,4,9-12H2,1-3H3,(H,22,26)(H,23,27). The van der Waals surface area contributed by atoms with Gasteiger partial charge in [0.25, 0.3) is 0 Å². The number of para-hydroxylation sites is 1. The summed E-state index contributed by atoms with van der Waals surface area (Å²) in [7, 11) is 0. The molecule has 2 aromatic rings. The Balaban J connectivity index is 1.53. The first-order valence-electron chi connectivity index (χ1n) is 9.71. The van der Waals surface area contributed by atoms with Crippen molar-refractivity contribution in [3.8, 4) is 0 Å². The van der Waals surface area contributed by atoms with Crippen LogP contribution in [0.2, 0.25) is 0 Å². The molecule has 2 amide bonds. The number of nitrogens with one attached hydrogen (secondary N) is 2. The Morgan fingerprint density at radius 3 is 2.52 bits per heavy atom. The van der Waals surface area contributed by atoms with Crippen LogP contribution in [0.25, 0.3) is 0 Å². The van der Waals surface area contributed by atoms with Gasteiger partial charge in [0.15, 0.2) is 0 Å². The van der Waals surface area contributed by atoms with E-state index in [-0.39, 0.29) is 30.7 Å². The summed E-state index contributed by atoms with van der Waals surface area (Å²) in [6.07, 6.45) is 3.57. The van der Waals surface area contributed by atoms with Crippen LogP contribution in [0.5, 0.6) is 0 Å². The Morgan fingerprint density at radius 1 is 1.19 bits per heavy atom. The van der Waals surface area contributed by atoms with E-state index in [4.69, 9.17) is 0 Å². The summed E-state index contributed by atoms with van der Waals surface area (Å²) in [4.78, 5) is 24.5. The number of anilines is 2. The zero-order valence-corrected chi connectivity index (χ0v) is 16.3. The number of aryl methyl sites for hydroxylation is 2. The van der Waals surface area contributed by atoms with E-state index in [1.165, 1.54) is 12.8 Å². The van der Waals surface area contributed by atoms with Crippen molar-refractivity contribution in [2.75, 3.05) is 10.6 Å². The Morgan fingerprint density at radius 2 is 1.85 bits per heavy atom. The molecule has 0 spiro atoms. The van der Waals surface area contributed by atoms with Crippen LogP contribution >= 0.6 is 0 Å². The summed E-state index contributed by atoms with van der Waals surface area (Å²) in [5.74, 6) is 1.04. The van der Waals surface area contributed by atoms with E-state index in [9.17, 15) is 9.59 Å². The molecule has 0 radical (unpaired) electrons. The van der Waals surface area contributed by atoms with Crippen molar-refractivity contribution in [2.24, 2.45) is 5.92 Å². The van der Waals surface area contributed by atoms with Crippen LogP contribution in [0.4, 0.5) is 11.5 Å². The summed E-state index contributed by atoms with van der Waals surface area (Å²) in [5, 5.41) is 10.3. The maximum atomic E-state index is 12.3. The van der Waals surface area contributed by atoms with Crippen molar-refractivity contribution >= 4 is 23.3 Å². The quantitative estimate of drug-likeness (QED) is 0.737. The fourth-order valence-corrected chi connectivity index (χ4v) is 3.29. The van der Waals surface area contributed by atoms with Crippen molar-refractivity contribution < 1.29 is 9.59 Å². The number of hydrogen-bond acceptors (Lipinski definition) is 3. The second-order valence-corrected chi connectivity index (χ2v) is 7.30. The van der Waals surface area contributed by atoms with E-state index in [0.717, 1.165) is 23.4 Å². The molecule has 1 aromatic heterocycles. The monoisotopic (exact) mass is 368 g/mol. The summed E-state index contributed by atoms with van der Waals surface area (Å²) in [6, 6.07) is 9.89. The average Bonchev–Trinajstić information content (AvgIpc) is 3.43. The predicted octanol–water partition coefficient (Wildman–Crippen LogP) is 4.08. The zero-order chi connectivity index (χ0) is 19.4. The molecule has 1 aromatic carbocycles. The predicted molar refractivity (Wildman–Crippen MR) is 107 cm³/mol. The number of carbonyl (C=O) groups excluding carboxylic acids is 2. The number of benzene rings is 1. The van der Waals surface area contributed by atoms with Crippen molar-refractivity contribution in [3.63, 3.8) is 0 Å². The van der Waals surface area contributed by atoms with E-state index in [0.29, 0.717) is 11.7 Å². The molecule has 1 aliphatic carbocycles. The van der Waals surface area contributed by atoms with E-state index >= 15 is 0 Å². The molecule has 27 heavy (non-hydrogen) atoms. The zero-order valence-electron chi connectivity index (χ0n) is 16.3. The largest absolute Gasteiger partial charge is 0.326 e. The fraction of sp³-hybridized carbons (Fsp3) is 0.476. The van der Waals surface area contributed by atoms with Gasteiger partial charge >= 0.3 is 0 Å². The second kappa shape index (κ2) is 8.37. The highest BCUT2D eigenvalue weighted by molar-refractivity contribution is 5.96. The smallest absolute Gasteiger partial charge is 0.226 e. The Kier molecular flexibility index (Phi) is 5.94. The molecule has 0 bridgehead atoms. The van der Waals surface area contributed by atoms with Crippen LogP contribution < -0.4 is 10.6 Å². The summed E-state index contributed by atoms with van der Waals surface area (Å²) >= 11 is 0. The third-order valence-corrected chi connectivity index (χ3v) is 5.07. The van der Waals surface area contributed by atoms with Gasteiger partial charge in [0, 0.05) is 24.6 Å². The minimum Gasteiger partial charge on any atom is -0.326 e. The second-order valence-electron chi connectivity index (χ2n) is 7.30. The number of carbonyl (C=O) groups is 2. The van der Waals surface area contributed by atoms with Crippen LogP contribution in [0.1, 0.15) is 56.8 Å². The Bertz CT molecular complexity index is 823.